The molecule has 2 rings (SSSR count). The van der Waals surface area contributed by atoms with E-state index in [0.717, 1.165) is 26.1 Å². The Bertz CT molecular complexity index is 342. The van der Waals surface area contributed by atoms with Crippen LogP contribution < -0.4 is 0 Å². The van der Waals surface area contributed by atoms with Crippen LogP contribution in [0.2, 0.25) is 0 Å². The number of benzene rings is 1. The molecular weight excluding hydrogens is 236 g/mol. The van der Waals surface area contributed by atoms with Gasteiger partial charge in [0.2, 0.25) is 0 Å². The molecule has 0 N–H and O–H groups in total. The van der Waals surface area contributed by atoms with Gasteiger partial charge in [0.25, 0.3) is 0 Å². The maximum absolute atomic E-state index is 6.04. The van der Waals surface area contributed by atoms with Crippen molar-refractivity contribution in [2.24, 2.45) is 0 Å². The lowest BCUT2D eigenvalue weighted by atomic mass is 9.97. The first kappa shape index (κ1) is 14.5. The largest absolute Gasteiger partial charge is 0.346 e. The van der Waals surface area contributed by atoms with Gasteiger partial charge < -0.3 is 9.47 Å². The van der Waals surface area contributed by atoms with Crippen LogP contribution in [0.1, 0.15) is 57.4 Å². The monoisotopic (exact) mass is 262 g/mol. The van der Waals surface area contributed by atoms with Gasteiger partial charge in [-0.2, -0.15) is 0 Å². The van der Waals surface area contributed by atoms with E-state index in [-0.39, 0.29) is 0 Å². The normalized spacial score (nSPS) is 18.4. The molecule has 0 spiro atoms. The lowest BCUT2D eigenvalue weighted by Crippen LogP contribution is -2.38. The molecule has 19 heavy (non-hydrogen) atoms. The summed E-state index contributed by atoms with van der Waals surface area (Å²) in [5.74, 6) is -0.480. The molecule has 0 radical (unpaired) electrons. The fourth-order valence-electron chi connectivity index (χ4n) is 2.68. The second-order valence-corrected chi connectivity index (χ2v) is 5.33. The Labute approximate surface area is 117 Å². The van der Waals surface area contributed by atoms with Crippen LogP contribution >= 0.6 is 0 Å². The second-order valence-electron chi connectivity index (χ2n) is 5.33. The molecule has 0 aromatic heterocycles. The van der Waals surface area contributed by atoms with Gasteiger partial charge in [-0.3, -0.25) is 0 Å². The minimum absolute atomic E-state index is 0.480. The van der Waals surface area contributed by atoms with E-state index in [9.17, 15) is 0 Å². The van der Waals surface area contributed by atoms with E-state index in [1.165, 1.54) is 37.7 Å². The fourth-order valence-corrected chi connectivity index (χ4v) is 2.68. The van der Waals surface area contributed by atoms with Gasteiger partial charge in [0, 0.05) is 12.0 Å². The summed E-state index contributed by atoms with van der Waals surface area (Å²) in [7, 11) is 0. The standard InChI is InChI=1S/C17H26O2/c1-2-3-4-5-9-13-17(18-14-10-15-19-17)16-11-7-6-8-12-16/h6-8,11-12H,2-5,9-10,13-15H2,1H3. The van der Waals surface area contributed by atoms with Crippen molar-refractivity contribution in [1.82, 2.24) is 0 Å². The Kier molecular flexibility index (Phi) is 5.87. The first-order chi connectivity index (χ1) is 9.37. The van der Waals surface area contributed by atoms with Gasteiger partial charge in [0.1, 0.15) is 0 Å². The summed E-state index contributed by atoms with van der Waals surface area (Å²) in [5.41, 5.74) is 1.17. The average Bonchev–Trinajstić information content (AvgIpc) is 2.49. The van der Waals surface area contributed by atoms with E-state index in [0.29, 0.717) is 0 Å². The molecule has 106 valence electrons. The van der Waals surface area contributed by atoms with Crippen LogP contribution in [0.25, 0.3) is 0 Å². The van der Waals surface area contributed by atoms with E-state index < -0.39 is 5.79 Å². The third kappa shape index (κ3) is 4.05. The van der Waals surface area contributed by atoms with Crippen molar-refractivity contribution in [1.29, 1.82) is 0 Å². The van der Waals surface area contributed by atoms with Crippen molar-refractivity contribution in [2.75, 3.05) is 13.2 Å². The Balaban J connectivity index is 1.95. The molecule has 0 saturated carbocycles. The number of hydrogen-bond acceptors (Lipinski definition) is 2. The van der Waals surface area contributed by atoms with Crippen LogP contribution in [-0.2, 0) is 15.3 Å². The van der Waals surface area contributed by atoms with Crippen molar-refractivity contribution in [2.45, 2.75) is 57.7 Å². The summed E-state index contributed by atoms with van der Waals surface area (Å²) in [4.78, 5) is 0. The van der Waals surface area contributed by atoms with Crippen LogP contribution in [0.4, 0.5) is 0 Å². The molecule has 1 aromatic carbocycles. The maximum Gasteiger partial charge on any atom is 0.194 e. The van der Waals surface area contributed by atoms with E-state index >= 15 is 0 Å². The molecule has 2 heteroatoms. The minimum atomic E-state index is -0.480. The summed E-state index contributed by atoms with van der Waals surface area (Å²) in [6.07, 6.45) is 8.37. The van der Waals surface area contributed by atoms with E-state index in [1.807, 2.05) is 6.07 Å². The van der Waals surface area contributed by atoms with Crippen LogP contribution in [-0.4, -0.2) is 13.2 Å². The van der Waals surface area contributed by atoms with Gasteiger partial charge in [-0.25, -0.2) is 0 Å². The van der Waals surface area contributed by atoms with Gasteiger partial charge in [-0.05, 0) is 12.8 Å². The quantitative estimate of drug-likeness (QED) is 0.667. The summed E-state index contributed by atoms with van der Waals surface area (Å²) in [6, 6.07) is 10.4. The minimum Gasteiger partial charge on any atom is -0.346 e. The Morgan fingerprint density at radius 1 is 0.947 bits per heavy atom. The van der Waals surface area contributed by atoms with Crippen LogP contribution in [0.3, 0.4) is 0 Å². The summed E-state index contributed by atoms with van der Waals surface area (Å²) in [5, 5.41) is 0. The molecule has 1 heterocycles. The zero-order valence-corrected chi connectivity index (χ0v) is 12.1. The summed E-state index contributed by atoms with van der Waals surface area (Å²) >= 11 is 0. The Morgan fingerprint density at radius 3 is 2.32 bits per heavy atom. The van der Waals surface area contributed by atoms with Gasteiger partial charge in [0.15, 0.2) is 5.79 Å². The molecule has 1 aromatic rings. The average molecular weight is 262 g/mol. The van der Waals surface area contributed by atoms with Gasteiger partial charge >= 0.3 is 0 Å². The fraction of sp³-hybridized carbons (Fsp3) is 0.647. The predicted molar refractivity (Wildman–Crippen MR) is 78.0 cm³/mol. The van der Waals surface area contributed by atoms with Crippen molar-refractivity contribution in [3.63, 3.8) is 0 Å². The van der Waals surface area contributed by atoms with Gasteiger partial charge in [-0.1, -0.05) is 62.9 Å². The van der Waals surface area contributed by atoms with Gasteiger partial charge in [-0.15, -0.1) is 0 Å². The van der Waals surface area contributed by atoms with Crippen molar-refractivity contribution < 1.29 is 9.47 Å². The predicted octanol–water partition coefficient (Wildman–Crippen LogP) is 4.64. The molecule has 2 nitrogen and oxygen atoms in total. The molecule has 0 amide bonds. The van der Waals surface area contributed by atoms with Gasteiger partial charge in [0.05, 0.1) is 13.2 Å². The molecule has 1 fully saturated rings. The number of unbranched alkanes of at least 4 members (excludes halogenated alkanes) is 4. The highest BCUT2D eigenvalue weighted by Gasteiger charge is 2.35. The van der Waals surface area contributed by atoms with E-state index in [2.05, 4.69) is 31.2 Å². The second kappa shape index (κ2) is 7.66. The molecule has 0 unspecified atom stereocenters. The molecule has 1 saturated heterocycles. The molecule has 0 aliphatic carbocycles. The lowest BCUT2D eigenvalue weighted by molar-refractivity contribution is -0.280. The maximum atomic E-state index is 6.04. The number of rotatable bonds is 7. The zero-order chi connectivity index (χ0) is 13.4. The topological polar surface area (TPSA) is 18.5 Å². The van der Waals surface area contributed by atoms with E-state index in [1.54, 1.807) is 0 Å². The molecule has 0 atom stereocenters. The van der Waals surface area contributed by atoms with Crippen LogP contribution in [0, 0.1) is 0 Å². The third-order valence-electron chi connectivity index (χ3n) is 3.78. The molecule has 0 bridgehead atoms. The Hall–Kier alpha value is -0.860. The summed E-state index contributed by atoms with van der Waals surface area (Å²) < 4.78 is 12.1. The molecule has 1 aliphatic heterocycles. The highest BCUT2D eigenvalue weighted by atomic mass is 16.7. The van der Waals surface area contributed by atoms with E-state index in [4.69, 9.17) is 9.47 Å². The van der Waals surface area contributed by atoms with Crippen molar-refractivity contribution in [3.05, 3.63) is 35.9 Å². The smallest absolute Gasteiger partial charge is 0.194 e. The molecule has 1 aliphatic rings. The Morgan fingerprint density at radius 2 is 1.63 bits per heavy atom. The highest BCUT2D eigenvalue weighted by molar-refractivity contribution is 5.20. The number of hydrogen-bond donors (Lipinski definition) is 0. The highest BCUT2D eigenvalue weighted by Crippen LogP contribution is 2.35. The van der Waals surface area contributed by atoms with Crippen molar-refractivity contribution in [3.8, 4) is 0 Å². The number of ether oxygens (including phenoxy) is 2. The summed E-state index contributed by atoms with van der Waals surface area (Å²) in [6.45, 7) is 3.87. The lowest BCUT2D eigenvalue weighted by Gasteiger charge is -2.37. The van der Waals surface area contributed by atoms with Crippen LogP contribution in [0.5, 0.6) is 0 Å². The zero-order valence-electron chi connectivity index (χ0n) is 12.1. The van der Waals surface area contributed by atoms with Crippen molar-refractivity contribution >= 4 is 0 Å². The third-order valence-corrected chi connectivity index (χ3v) is 3.78. The molecular formula is C17H26O2. The first-order valence-electron chi connectivity index (χ1n) is 7.71. The SMILES string of the molecule is CCCCCCCC1(c2ccccc2)OCCCO1. The first-order valence-corrected chi connectivity index (χ1v) is 7.71. The van der Waals surface area contributed by atoms with Crippen LogP contribution in [0.15, 0.2) is 30.3 Å².